The molecule has 0 saturated carbocycles. The van der Waals surface area contributed by atoms with Gasteiger partial charge in [0.2, 0.25) is 0 Å². The van der Waals surface area contributed by atoms with Gasteiger partial charge in [-0.1, -0.05) is 22.9 Å². The molecular weight excluding hydrogens is 290 g/mol. The molecule has 6 heteroatoms. The first kappa shape index (κ1) is 14.7. The molecule has 0 N–H and O–H groups in total. The van der Waals surface area contributed by atoms with Crippen molar-refractivity contribution in [3.63, 3.8) is 0 Å². The number of ether oxygens (including phenoxy) is 1. The molecule has 0 bridgehead atoms. The van der Waals surface area contributed by atoms with Gasteiger partial charge >= 0.3 is 0 Å². The van der Waals surface area contributed by atoms with Crippen molar-refractivity contribution in [3.8, 4) is 23.1 Å². The highest BCUT2D eigenvalue weighted by Gasteiger charge is 2.14. The van der Waals surface area contributed by atoms with Crippen LogP contribution in [-0.2, 0) is 6.54 Å². The standard InChI is InChI=1S/C17H15N5O/c1-13-2-4-15(5-3-13)23-11-10-22-17(16(12-18)20-21-22)14-6-8-19-9-7-14/h2-9H,10-11H2,1H3. The molecule has 1 aromatic carbocycles. The van der Waals surface area contributed by atoms with Crippen LogP contribution < -0.4 is 4.74 Å². The molecule has 23 heavy (non-hydrogen) atoms. The molecule has 0 aliphatic heterocycles. The number of aromatic nitrogens is 4. The van der Waals surface area contributed by atoms with E-state index in [1.54, 1.807) is 17.1 Å². The van der Waals surface area contributed by atoms with Crippen molar-refractivity contribution in [2.45, 2.75) is 13.5 Å². The Hall–Kier alpha value is -3.20. The number of aryl methyl sites for hydroxylation is 1. The number of hydrogen-bond acceptors (Lipinski definition) is 5. The summed E-state index contributed by atoms with van der Waals surface area (Å²) in [5, 5.41) is 17.2. The van der Waals surface area contributed by atoms with Gasteiger partial charge in [0.05, 0.1) is 6.54 Å². The zero-order valence-corrected chi connectivity index (χ0v) is 12.7. The summed E-state index contributed by atoms with van der Waals surface area (Å²) in [6.07, 6.45) is 3.35. The highest BCUT2D eigenvalue weighted by Crippen LogP contribution is 2.21. The molecule has 0 amide bonds. The number of pyridine rings is 1. The molecule has 0 fully saturated rings. The average molecular weight is 305 g/mol. The second-order valence-corrected chi connectivity index (χ2v) is 5.02. The number of hydrogen-bond donors (Lipinski definition) is 0. The fraction of sp³-hybridized carbons (Fsp3) is 0.176. The topological polar surface area (TPSA) is 76.6 Å². The van der Waals surface area contributed by atoms with Crippen molar-refractivity contribution in [1.29, 1.82) is 5.26 Å². The van der Waals surface area contributed by atoms with Crippen LogP contribution in [0.25, 0.3) is 11.3 Å². The van der Waals surface area contributed by atoms with Crippen LogP contribution in [0.2, 0.25) is 0 Å². The van der Waals surface area contributed by atoms with Gasteiger partial charge in [-0.3, -0.25) is 4.98 Å². The van der Waals surface area contributed by atoms with Crippen molar-refractivity contribution >= 4 is 0 Å². The minimum atomic E-state index is 0.298. The third-order valence-electron chi connectivity index (χ3n) is 3.39. The number of nitriles is 1. The van der Waals surface area contributed by atoms with Gasteiger partial charge in [-0.05, 0) is 31.2 Å². The molecule has 0 radical (unpaired) electrons. The summed E-state index contributed by atoms with van der Waals surface area (Å²) >= 11 is 0. The SMILES string of the molecule is Cc1ccc(OCCn2nnc(C#N)c2-c2ccncc2)cc1. The Morgan fingerprint density at radius 1 is 1.13 bits per heavy atom. The monoisotopic (exact) mass is 305 g/mol. The second kappa shape index (κ2) is 6.71. The lowest BCUT2D eigenvalue weighted by molar-refractivity contribution is 0.290. The zero-order valence-electron chi connectivity index (χ0n) is 12.7. The van der Waals surface area contributed by atoms with E-state index in [0.29, 0.717) is 24.5 Å². The van der Waals surface area contributed by atoms with Crippen molar-refractivity contribution in [2.75, 3.05) is 6.61 Å². The van der Waals surface area contributed by atoms with Crippen LogP contribution in [0.1, 0.15) is 11.3 Å². The Morgan fingerprint density at radius 2 is 1.87 bits per heavy atom. The fourth-order valence-electron chi connectivity index (χ4n) is 2.22. The fourth-order valence-corrected chi connectivity index (χ4v) is 2.22. The zero-order chi connectivity index (χ0) is 16.1. The predicted octanol–water partition coefficient (Wildman–Crippen LogP) is 2.60. The first-order chi connectivity index (χ1) is 11.3. The molecule has 114 valence electrons. The van der Waals surface area contributed by atoms with E-state index in [9.17, 15) is 5.26 Å². The van der Waals surface area contributed by atoms with Crippen LogP contribution in [0.15, 0.2) is 48.8 Å². The quantitative estimate of drug-likeness (QED) is 0.724. The van der Waals surface area contributed by atoms with Crippen LogP contribution >= 0.6 is 0 Å². The Labute approximate surface area is 134 Å². The van der Waals surface area contributed by atoms with Gasteiger partial charge in [-0.15, -0.1) is 5.10 Å². The average Bonchev–Trinajstić information content (AvgIpc) is 3.00. The predicted molar refractivity (Wildman–Crippen MR) is 84.6 cm³/mol. The van der Waals surface area contributed by atoms with Gasteiger partial charge in [0.25, 0.3) is 0 Å². The van der Waals surface area contributed by atoms with E-state index in [2.05, 4.69) is 21.4 Å². The Morgan fingerprint density at radius 3 is 2.57 bits per heavy atom. The lowest BCUT2D eigenvalue weighted by atomic mass is 10.1. The largest absolute Gasteiger partial charge is 0.492 e. The van der Waals surface area contributed by atoms with E-state index in [1.807, 2.05) is 43.3 Å². The van der Waals surface area contributed by atoms with Gasteiger partial charge in [0, 0.05) is 18.0 Å². The van der Waals surface area contributed by atoms with Crippen LogP contribution in [-0.4, -0.2) is 26.6 Å². The summed E-state index contributed by atoms with van der Waals surface area (Å²) in [4.78, 5) is 3.99. The molecule has 2 heterocycles. The first-order valence-electron chi connectivity index (χ1n) is 7.21. The molecule has 0 aliphatic carbocycles. The van der Waals surface area contributed by atoms with Gasteiger partial charge in [0.1, 0.15) is 24.1 Å². The Balaban J connectivity index is 1.75. The number of rotatable bonds is 5. The first-order valence-corrected chi connectivity index (χ1v) is 7.21. The lowest BCUT2D eigenvalue weighted by Gasteiger charge is -2.09. The second-order valence-electron chi connectivity index (χ2n) is 5.02. The molecule has 0 atom stereocenters. The van der Waals surface area contributed by atoms with Gasteiger partial charge in [-0.2, -0.15) is 5.26 Å². The molecule has 0 aliphatic rings. The van der Waals surface area contributed by atoms with E-state index in [-0.39, 0.29) is 0 Å². The van der Waals surface area contributed by atoms with Crippen LogP contribution in [0, 0.1) is 18.3 Å². The maximum atomic E-state index is 9.21. The van der Waals surface area contributed by atoms with Crippen molar-refractivity contribution in [2.24, 2.45) is 0 Å². The van der Waals surface area contributed by atoms with E-state index in [4.69, 9.17) is 4.74 Å². The Bertz CT molecular complexity index is 818. The summed E-state index contributed by atoms with van der Waals surface area (Å²) in [6.45, 7) is 2.97. The number of nitrogens with zero attached hydrogens (tertiary/aromatic N) is 5. The summed E-state index contributed by atoms with van der Waals surface area (Å²) < 4.78 is 7.40. The third kappa shape index (κ3) is 3.35. The van der Waals surface area contributed by atoms with E-state index >= 15 is 0 Å². The van der Waals surface area contributed by atoms with E-state index < -0.39 is 0 Å². The summed E-state index contributed by atoms with van der Waals surface area (Å²) in [5.74, 6) is 0.807. The molecule has 0 spiro atoms. The van der Waals surface area contributed by atoms with Gasteiger partial charge < -0.3 is 4.74 Å². The van der Waals surface area contributed by atoms with Crippen molar-refractivity contribution in [3.05, 3.63) is 60.0 Å². The molecular formula is C17H15N5O. The van der Waals surface area contributed by atoms with Gasteiger partial charge in [0.15, 0.2) is 5.69 Å². The maximum Gasteiger partial charge on any atom is 0.190 e. The van der Waals surface area contributed by atoms with Gasteiger partial charge in [-0.25, -0.2) is 4.68 Å². The molecule has 0 saturated heterocycles. The van der Waals surface area contributed by atoms with Crippen LogP contribution in [0.5, 0.6) is 5.75 Å². The third-order valence-corrected chi connectivity index (χ3v) is 3.39. The summed E-state index contributed by atoms with van der Waals surface area (Å²) in [7, 11) is 0. The van der Waals surface area contributed by atoms with Crippen molar-refractivity contribution in [1.82, 2.24) is 20.0 Å². The van der Waals surface area contributed by atoms with E-state index in [0.717, 1.165) is 11.3 Å². The molecule has 2 aromatic heterocycles. The van der Waals surface area contributed by atoms with E-state index in [1.165, 1.54) is 5.56 Å². The Kier molecular flexibility index (Phi) is 4.29. The summed E-state index contributed by atoms with van der Waals surface area (Å²) in [6, 6.07) is 13.6. The smallest absolute Gasteiger partial charge is 0.190 e. The molecule has 3 aromatic rings. The molecule has 6 nitrogen and oxygen atoms in total. The number of benzene rings is 1. The lowest BCUT2D eigenvalue weighted by Crippen LogP contribution is -2.11. The molecule has 0 unspecified atom stereocenters. The normalized spacial score (nSPS) is 10.3. The van der Waals surface area contributed by atoms with Crippen LogP contribution in [0.3, 0.4) is 0 Å². The summed E-state index contributed by atoms with van der Waals surface area (Å²) in [5.41, 5.74) is 3.03. The van der Waals surface area contributed by atoms with Crippen LogP contribution in [0.4, 0.5) is 0 Å². The minimum absolute atomic E-state index is 0.298. The molecule has 3 rings (SSSR count). The minimum Gasteiger partial charge on any atom is -0.492 e. The highest BCUT2D eigenvalue weighted by atomic mass is 16.5. The maximum absolute atomic E-state index is 9.21. The highest BCUT2D eigenvalue weighted by molar-refractivity contribution is 5.64. The van der Waals surface area contributed by atoms with Crippen molar-refractivity contribution < 1.29 is 4.74 Å².